The third-order valence-corrected chi connectivity index (χ3v) is 2.86. The van der Waals surface area contributed by atoms with E-state index in [1.165, 1.54) is 12.8 Å². The van der Waals surface area contributed by atoms with Gasteiger partial charge >= 0.3 is 0 Å². The van der Waals surface area contributed by atoms with E-state index in [2.05, 4.69) is 10.2 Å². The molecular weight excluding hydrogens is 190 g/mol. The summed E-state index contributed by atoms with van der Waals surface area (Å²) in [6.45, 7) is 2.54. The van der Waals surface area contributed by atoms with Crippen LogP contribution >= 0.6 is 0 Å². The van der Waals surface area contributed by atoms with Gasteiger partial charge in [0, 0.05) is 13.1 Å². The zero-order valence-electron chi connectivity index (χ0n) is 10.1. The van der Waals surface area contributed by atoms with Crippen LogP contribution in [0.1, 0.15) is 19.3 Å². The zero-order chi connectivity index (χ0) is 11.3. The lowest BCUT2D eigenvalue weighted by molar-refractivity contribution is -0.131. The minimum Gasteiger partial charge on any atom is -0.342 e. The molecule has 0 bridgehead atoms. The largest absolute Gasteiger partial charge is 0.342 e. The van der Waals surface area contributed by atoms with Crippen LogP contribution in [0, 0.1) is 0 Å². The maximum absolute atomic E-state index is 11.7. The molecule has 1 amide bonds. The summed E-state index contributed by atoms with van der Waals surface area (Å²) < 4.78 is 0. The first-order valence-electron chi connectivity index (χ1n) is 5.74. The Kier molecular flexibility index (Phi) is 5.05. The fourth-order valence-corrected chi connectivity index (χ4v) is 1.61. The molecular formula is C11H23N3O. The predicted molar refractivity (Wildman–Crippen MR) is 61.8 cm³/mol. The molecule has 1 N–H and O–H groups in total. The molecule has 15 heavy (non-hydrogen) atoms. The second kappa shape index (κ2) is 6.08. The van der Waals surface area contributed by atoms with Gasteiger partial charge in [0.2, 0.25) is 5.91 Å². The molecule has 0 spiro atoms. The number of amides is 1. The van der Waals surface area contributed by atoms with Crippen molar-refractivity contribution in [3.05, 3.63) is 0 Å². The fraction of sp³-hybridized carbons (Fsp3) is 0.909. The molecule has 1 aliphatic carbocycles. The van der Waals surface area contributed by atoms with Crippen LogP contribution in [0.25, 0.3) is 0 Å². The summed E-state index contributed by atoms with van der Waals surface area (Å²) in [6.07, 6.45) is 3.46. The van der Waals surface area contributed by atoms with E-state index in [0.717, 1.165) is 19.5 Å². The van der Waals surface area contributed by atoms with E-state index in [0.29, 0.717) is 12.6 Å². The van der Waals surface area contributed by atoms with Crippen molar-refractivity contribution in [2.75, 3.05) is 40.8 Å². The summed E-state index contributed by atoms with van der Waals surface area (Å²) in [5.74, 6) is 0.254. The first-order chi connectivity index (χ1) is 7.15. The number of nitrogens with zero attached hydrogens (tertiary/aromatic N) is 2. The molecule has 1 fully saturated rings. The van der Waals surface area contributed by atoms with E-state index < -0.39 is 0 Å². The molecule has 0 aliphatic heterocycles. The normalized spacial score (nSPS) is 15.7. The van der Waals surface area contributed by atoms with Gasteiger partial charge in [0.1, 0.15) is 0 Å². The highest BCUT2D eigenvalue weighted by atomic mass is 16.2. The highest BCUT2D eigenvalue weighted by Crippen LogP contribution is 2.25. The van der Waals surface area contributed by atoms with Crippen LogP contribution in [-0.2, 0) is 4.79 Å². The van der Waals surface area contributed by atoms with Crippen LogP contribution in [0.3, 0.4) is 0 Å². The van der Waals surface area contributed by atoms with Gasteiger partial charge in [0.05, 0.1) is 6.54 Å². The van der Waals surface area contributed by atoms with E-state index in [4.69, 9.17) is 0 Å². The molecule has 4 heteroatoms. The molecule has 0 saturated heterocycles. The minimum absolute atomic E-state index is 0.254. The molecule has 0 atom stereocenters. The number of rotatable bonds is 7. The number of hydrogen-bond acceptors (Lipinski definition) is 3. The van der Waals surface area contributed by atoms with Gasteiger partial charge in [-0.1, -0.05) is 0 Å². The molecule has 0 aromatic carbocycles. The molecule has 0 radical (unpaired) electrons. The summed E-state index contributed by atoms with van der Waals surface area (Å²) in [6, 6.07) is 0.531. The van der Waals surface area contributed by atoms with Gasteiger partial charge in [-0.3, -0.25) is 9.69 Å². The van der Waals surface area contributed by atoms with E-state index in [1.807, 2.05) is 26.0 Å². The van der Waals surface area contributed by atoms with Crippen LogP contribution in [0.4, 0.5) is 0 Å². The summed E-state index contributed by atoms with van der Waals surface area (Å²) in [4.78, 5) is 15.7. The van der Waals surface area contributed by atoms with Gasteiger partial charge in [0.15, 0.2) is 0 Å². The fourth-order valence-electron chi connectivity index (χ4n) is 1.61. The average Bonchev–Trinajstić information content (AvgIpc) is 3.00. The minimum atomic E-state index is 0.254. The standard InChI is InChI=1S/C11H23N3O/c1-12-7-4-8-13(2)9-11(15)14(3)10-5-6-10/h10,12H,4-9H2,1-3H3. The SMILES string of the molecule is CNCCCN(C)CC(=O)N(C)C1CC1. The third-order valence-electron chi connectivity index (χ3n) is 2.86. The Hall–Kier alpha value is -0.610. The molecule has 88 valence electrons. The molecule has 0 heterocycles. The molecule has 4 nitrogen and oxygen atoms in total. The Balaban J connectivity index is 2.12. The highest BCUT2D eigenvalue weighted by Gasteiger charge is 2.29. The summed E-state index contributed by atoms with van der Waals surface area (Å²) >= 11 is 0. The van der Waals surface area contributed by atoms with E-state index in [-0.39, 0.29) is 5.91 Å². The van der Waals surface area contributed by atoms with Crippen LogP contribution in [0.2, 0.25) is 0 Å². The molecule has 1 rings (SSSR count). The van der Waals surface area contributed by atoms with Crippen molar-refractivity contribution in [3.8, 4) is 0 Å². The summed E-state index contributed by atoms with van der Waals surface area (Å²) in [5.41, 5.74) is 0. The third kappa shape index (κ3) is 4.62. The van der Waals surface area contributed by atoms with Gasteiger partial charge in [-0.25, -0.2) is 0 Å². The van der Waals surface area contributed by atoms with Gasteiger partial charge in [-0.15, -0.1) is 0 Å². The molecule has 0 aromatic heterocycles. The number of carbonyl (C=O) groups excluding carboxylic acids is 1. The van der Waals surface area contributed by atoms with Crippen LogP contribution < -0.4 is 5.32 Å². The first kappa shape index (κ1) is 12.5. The predicted octanol–water partition coefficient (Wildman–Crippen LogP) is 0.149. The number of carbonyl (C=O) groups is 1. The van der Waals surface area contributed by atoms with Crippen molar-refractivity contribution in [1.82, 2.24) is 15.1 Å². The smallest absolute Gasteiger partial charge is 0.236 e. The Bertz CT molecular complexity index is 204. The van der Waals surface area contributed by atoms with Crippen molar-refractivity contribution in [1.29, 1.82) is 0 Å². The lowest BCUT2D eigenvalue weighted by atomic mass is 10.3. The highest BCUT2D eigenvalue weighted by molar-refractivity contribution is 5.78. The quantitative estimate of drug-likeness (QED) is 0.611. The molecule has 0 aromatic rings. The van der Waals surface area contributed by atoms with Gasteiger partial charge in [0.25, 0.3) is 0 Å². The second-order valence-corrected chi connectivity index (χ2v) is 4.43. The maximum atomic E-state index is 11.7. The van der Waals surface area contributed by atoms with Crippen LogP contribution in [-0.4, -0.2) is 62.5 Å². The lowest BCUT2D eigenvalue weighted by Crippen LogP contribution is -2.38. The lowest BCUT2D eigenvalue weighted by Gasteiger charge is -2.21. The van der Waals surface area contributed by atoms with E-state index in [1.54, 1.807) is 0 Å². The molecule has 0 unspecified atom stereocenters. The Morgan fingerprint density at radius 1 is 1.40 bits per heavy atom. The number of nitrogens with one attached hydrogen (secondary N) is 1. The summed E-state index contributed by atoms with van der Waals surface area (Å²) in [5, 5.41) is 3.11. The van der Waals surface area contributed by atoms with Gasteiger partial charge in [-0.2, -0.15) is 0 Å². The van der Waals surface area contributed by atoms with Crippen LogP contribution in [0.5, 0.6) is 0 Å². The van der Waals surface area contributed by atoms with Crippen molar-refractivity contribution in [3.63, 3.8) is 0 Å². The second-order valence-electron chi connectivity index (χ2n) is 4.43. The molecule has 1 saturated carbocycles. The zero-order valence-corrected chi connectivity index (χ0v) is 10.1. The summed E-state index contributed by atoms with van der Waals surface area (Å²) in [7, 11) is 5.88. The average molecular weight is 213 g/mol. The Morgan fingerprint density at radius 2 is 2.07 bits per heavy atom. The number of likely N-dealkylation sites (N-methyl/N-ethyl adjacent to an activating group) is 2. The first-order valence-corrected chi connectivity index (χ1v) is 5.74. The van der Waals surface area contributed by atoms with Crippen molar-refractivity contribution in [2.45, 2.75) is 25.3 Å². The Morgan fingerprint density at radius 3 is 2.60 bits per heavy atom. The van der Waals surface area contributed by atoms with E-state index in [9.17, 15) is 4.79 Å². The number of hydrogen-bond donors (Lipinski definition) is 1. The van der Waals surface area contributed by atoms with Crippen molar-refractivity contribution in [2.24, 2.45) is 0 Å². The van der Waals surface area contributed by atoms with Gasteiger partial charge in [-0.05, 0) is 46.4 Å². The van der Waals surface area contributed by atoms with Crippen molar-refractivity contribution < 1.29 is 4.79 Å². The maximum Gasteiger partial charge on any atom is 0.236 e. The van der Waals surface area contributed by atoms with Gasteiger partial charge < -0.3 is 10.2 Å². The topological polar surface area (TPSA) is 35.6 Å². The monoisotopic (exact) mass is 213 g/mol. The van der Waals surface area contributed by atoms with Crippen molar-refractivity contribution >= 4 is 5.91 Å². The van der Waals surface area contributed by atoms with E-state index >= 15 is 0 Å². The van der Waals surface area contributed by atoms with Crippen LogP contribution in [0.15, 0.2) is 0 Å². The molecule has 1 aliphatic rings. The Labute approximate surface area is 92.6 Å².